The molecule has 7 heteroatoms. The molecule has 1 heterocycles. The van der Waals surface area contributed by atoms with Crippen LogP contribution in [0.1, 0.15) is 39.0 Å². The predicted molar refractivity (Wildman–Crippen MR) is 90.4 cm³/mol. The molecule has 6 nitrogen and oxygen atoms in total. The van der Waals surface area contributed by atoms with Gasteiger partial charge < -0.3 is 10.5 Å². The molecular formula is C15H33N3O3S. The Hall–Kier alpha value is -0.210. The fraction of sp³-hybridized carbons (Fsp3) is 1.00. The second-order valence-electron chi connectivity index (χ2n) is 5.82. The van der Waals surface area contributed by atoms with Gasteiger partial charge in [-0.05, 0) is 32.4 Å². The van der Waals surface area contributed by atoms with Gasteiger partial charge in [-0.15, -0.1) is 0 Å². The molecule has 1 aliphatic rings. The maximum atomic E-state index is 12.3. The Bertz CT molecular complexity index is 370. The average molecular weight is 336 g/mol. The third-order valence-electron chi connectivity index (χ3n) is 4.09. The minimum atomic E-state index is -3.10. The second kappa shape index (κ2) is 11.3. The number of hydrogen-bond acceptors (Lipinski definition) is 5. The lowest BCUT2D eigenvalue weighted by Crippen LogP contribution is -2.39. The number of sulfonamides is 1. The van der Waals surface area contributed by atoms with Crippen LogP contribution in [0.2, 0.25) is 0 Å². The van der Waals surface area contributed by atoms with Gasteiger partial charge in [-0.1, -0.05) is 19.8 Å². The smallest absolute Gasteiger partial charge is 0.214 e. The van der Waals surface area contributed by atoms with E-state index < -0.39 is 10.0 Å². The molecule has 0 radical (unpaired) electrons. The van der Waals surface area contributed by atoms with Gasteiger partial charge in [-0.25, -0.2) is 12.7 Å². The summed E-state index contributed by atoms with van der Waals surface area (Å²) in [6.45, 7) is 8.24. The van der Waals surface area contributed by atoms with Crippen LogP contribution < -0.4 is 5.73 Å². The molecule has 0 unspecified atom stereocenters. The monoisotopic (exact) mass is 335 g/mol. The van der Waals surface area contributed by atoms with Crippen LogP contribution in [0, 0.1) is 0 Å². The summed E-state index contributed by atoms with van der Waals surface area (Å²) < 4.78 is 31.6. The van der Waals surface area contributed by atoms with E-state index in [4.69, 9.17) is 10.5 Å². The zero-order valence-electron chi connectivity index (χ0n) is 14.0. The van der Waals surface area contributed by atoms with Crippen LogP contribution in [0.15, 0.2) is 0 Å². The molecule has 0 amide bonds. The van der Waals surface area contributed by atoms with Gasteiger partial charge in [0.25, 0.3) is 0 Å². The second-order valence-corrected chi connectivity index (χ2v) is 7.91. The SMILES string of the molecule is CCN(CCCN1CCOCC1)S(=O)(=O)CCCCCCN. The topological polar surface area (TPSA) is 75.9 Å². The Labute approximate surface area is 136 Å². The van der Waals surface area contributed by atoms with Crippen molar-refractivity contribution in [2.24, 2.45) is 5.73 Å². The Morgan fingerprint density at radius 1 is 1.09 bits per heavy atom. The van der Waals surface area contributed by atoms with Gasteiger partial charge in [0, 0.05) is 26.2 Å². The van der Waals surface area contributed by atoms with Crippen molar-refractivity contribution in [1.82, 2.24) is 9.21 Å². The van der Waals surface area contributed by atoms with E-state index in [0.717, 1.165) is 65.0 Å². The van der Waals surface area contributed by atoms with Gasteiger partial charge in [-0.2, -0.15) is 0 Å². The molecule has 0 aliphatic carbocycles. The molecule has 0 atom stereocenters. The summed E-state index contributed by atoms with van der Waals surface area (Å²) in [5.41, 5.74) is 5.44. The number of unbranched alkanes of at least 4 members (excludes halogenated alkanes) is 3. The molecular weight excluding hydrogens is 302 g/mol. The molecule has 0 saturated carbocycles. The molecule has 1 saturated heterocycles. The molecule has 0 bridgehead atoms. The summed E-state index contributed by atoms with van der Waals surface area (Å²) in [6, 6.07) is 0. The zero-order valence-corrected chi connectivity index (χ0v) is 14.8. The van der Waals surface area contributed by atoms with Gasteiger partial charge in [0.15, 0.2) is 0 Å². The fourth-order valence-corrected chi connectivity index (χ4v) is 4.33. The lowest BCUT2D eigenvalue weighted by Gasteiger charge is -2.27. The first-order valence-electron chi connectivity index (χ1n) is 8.58. The largest absolute Gasteiger partial charge is 0.379 e. The van der Waals surface area contributed by atoms with E-state index in [-0.39, 0.29) is 5.75 Å². The molecule has 2 N–H and O–H groups in total. The summed E-state index contributed by atoms with van der Waals surface area (Å²) in [4.78, 5) is 2.34. The first-order valence-corrected chi connectivity index (χ1v) is 10.2. The summed E-state index contributed by atoms with van der Waals surface area (Å²) in [5.74, 6) is 0.267. The van der Waals surface area contributed by atoms with Crippen LogP contribution in [-0.4, -0.2) is 75.9 Å². The number of rotatable bonds is 12. The highest BCUT2D eigenvalue weighted by Gasteiger charge is 2.20. The highest BCUT2D eigenvalue weighted by atomic mass is 32.2. The highest BCUT2D eigenvalue weighted by molar-refractivity contribution is 7.89. The molecule has 1 fully saturated rings. The first kappa shape index (κ1) is 19.8. The van der Waals surface area contributed by atoms with Gasteiger partial charge in [0.2, 0.25) is 10.0 Å². The van der Waals surface area contributed by atoms with Crippen molar-refractivity contribution in [2.45, 2.75) is 39.0 Å². The number of nitrogens with zero attached hydrogens (tertiary/aromatic N) is 2. The van der Waals surface area contributed by atoms with Crippen LogP contribution >= 0.6 is 0 Å². The first-order chi connectivity index (χ1) is 10.6. The van der Waals surface area contributed by atoms with Crippen molar-refractivity contribution < 1.29 is 13.2 Å². The average Bonchev–Trinajstić information content (AvgIpc) is 2.52. The van der Waals surface area contributed by atoms with Gasteiger partial charge in [-0.3, -0.25) is 4.90 Å². The number of nitrogens with two attached hydrogens (primary N) is 1. The van der Waals surface area contributed by atoms with Crippen LogP contribution in [0.4, 0.5) is 0 Å². The predicted octanol–water partition coefficient (Wildman–Crippen LogP) is 0.880. The van der Waals surface area contributed by atoms with Crippen molar-refractivity contribution in [3.63, 3.8) is 0 Å². The normalized spacial score (nSPS) is 17.2. The molecule has 1 aliphatic heterocycles. The van der Waals surface area contributed by atoms with Gasteiger partial charge >= 0.3 is 0 Å². The third kappa shape index (κ3) is 7.87. The van der Waals surface area contributed by atoms with Crippen molar-refractivity contribution >= 4 is 10.0 Å². The van der Waals surface area contributed by atoms with E-state index in [1.54, 1.807) is 4.31 Å². The molecule has 132 valence electrons. The quantitative estimate of drug-likeness (QED) is 0.536. The Balaban J connectivity index is 2.24. The summed E-state index contributed by atoms with van der Waals surface area (Å²) in [6.07, 6.45) is 4.58. The number of morpholine rings is 1. The van der Waals surface area contributed by atoms with Crippen molar-refractivity contribution in [2.75, 3.05) is 58.2 Å². The Kier molecular flexibility index (Phi) is 10.2. The van der Waals surface area contributed by atoms with Crippen LogP contribution in [0.5, 0.6) is 0 Å². The molecule has 0 spiro atoms. The number of ether oxygens (including phenoxy) is 1. The molecule has 1 rings (SSSR count). The van der Waals surface area contributed by atoms with Crippen molar-refractivity contribution in [3.8, 4) is 0 Å². The van der Waals surface area contributed by atoms with Gasteiger partial charge in [0.05, 0.1) is 19.0 Å². The molecule has 0 aromatic heterocycles. The maximum Gasteiger partial charge on any atom is 0.214 e. The lowest BCUT2D eigenvalue weighted by molar-refractivity contribution is 0.0369. The van der Waals surface area contributed by atoms with E-state index >= 15 is 0 Å². The molecule has 0 aromatic rings. The summed E-state index contributed by atoms with van der Waals surface area (Å²) >= 11 is 0. The maximum absolute atomic E-state index is 12.3. The summed E-state index contributed by atoms with van der Waals surface area (Å²) in [5, 5.41) is 0. The van der Waals surface area contributed by atoms with Crippen molar-refractivity contribution in [1.29, 1.82) is 0 Å². The highest BCUT2D eigenvalue weighted by Crippen LogP contribution is 2.09. The van der Waals surface area contributed by atoms with E-state index in [1.165, 1.54) is 0 Å². The molecule has 22 heavy (non-hydrogen) atoms. The van der Waals surface area contributed by atoms with E-state index in [2.05, 4.69) is 4.90 Å². The van der Waals surface area contributed by atoms with Crippen LogP contribution in [-0.2, 0) is 14.8 Å². The minimum absolute atomic E-state index is 0.267. The lowest BCUT2D eigenvalue weighted by atomic mass is 10.2. The minimum Gasteiger partial charge on any atom is -0.379 e. The Morgan fingerprint density at radius 2 is 1.77 bits per heavy atom. The van der Waals surface area contributed by atoms with E-state index in [1.807, 2.05) is 6.92 Å². The van der Waals surface area contributed by atoms with Crippen molar-refractivity contribution in [3.05, 3.63) is 0 Å². The van der Waals surface area contributed by atoms with E-state index in [0.29, 0.717) is 19.6 Å². The Morgan fingerprint density at radius 3 is 2.41 bits per heavy atom. The van der Waals surface area contributed by atoms with Crippen LogP contribution in [0.25, 0.3) is 0 Å². The number of hydrogen-bond donors (Lipinski definition) is 1. The van der Waals surface area contributed by atoms with Gasteiger partial charge in [0.1, 0.15) is 0 Å². The summed E-state index contributed by atoms with van der Waals surface area (Å²) in [7, 11) is -3.10. The van der Waals surface area contributed by atoms with E-state index in [9.17, 15) is 8.42 Å². The van der Waals surface area contributed by atoms with Crippen LogP contribution in [0.3, 0.4) is 0 Å². The standard InChI is InChI=1S/C15H33N3O3S/c1-2-18(10-7-9-17-11-13-21-14-12-17)22(19,20)15-6-4-3-5-8-16/h2-16H2,1H3. The molecule has 0 aromatic carbocycles. The fourth-order valence-electron chi connectivity index (χ4n) is 2.70. The zero-order chi connectivity index (χ0) is 16.3. The third-order valence-corrected chi connectivity index (χ3v) is 6.12.